The zero-order valence-electron chi connectivity index (χ0n) is 12.9. The lowest BCUT2D eigenvalue weighted by atomic mass is 9.84. The summed E-state index contributed by atoms with van der Waals surface area (Å²) in [7, 11) is 0. The summed E-state index contributed by atoms with van der Waals surface area (Å²) in [5, 5.41) is 10.3. The van der Waals surface area contributed by atoms with Crippen LogP contribution in [0.5, 0.6) is 0 Å². The second-order valence-electron chi connectivity index (χ2n) is 6.45. The maximum absolute atomic E-state index is 11.3. The average Bonchev–Trinajstić information content (AvgIpc) is 2.64. The van der Waals surface area contributed by atoms with Gasteiger partial charge in [-0.25, -0.2) is 4.79 Å². The molecular formula is C17H23NO2. The van der Waals surface area contributed by atoms with Crippen molar-refractivity contribution in [2.24, 2.45) is 0 Å². The second kappa shape index (κ2) is 4.97. The fourth-order valence-electron chi connectivity index (χ4n) is 2.75. The molecule has 3 heteroatoms. The van der Waals surface area contributed by atoms with Crippen LogP contribution in [0.1, 0.15) is 55.7 Å². The number of aromatic carboxylic acids is 1. The Morgan fingerprint density at radius 3 is 2.40 bits per heavy atom. The first-order chi connectivity index (χ1) is 9.25. The Bertz CT molecular complexity index is 660. The molecule has 0 aliphatic rings. The number of carboxylic acid groups (broad SMARTS) is 1. The van der Waals surface area contributed by atoms with E-state index >= 15 is 0 Å². The number of hydrogen-bond acceptors (Lipinski definition) is 1. The molecule has 0 radical (unpaired) electrons. The highest BCUT2D eigenvalue weighted by Crippen LogP contribution is 2.33. The van der Waals surface area contributed by atoms with Gasteiger partial charge in [0, 0.05) is 17.6 Å². The summed E-state index contributed by atoms with van der Waals surface area (Å²) in [6.07, 6.45) is 1.06. The number of benzene rings is 1. The standard InChI is InChI=1S/C17H23NO2/c1-6-7-18-11(2)8-12-9-13(16(19)20)10-14(15(12)18)17(3,4)5/h8-10H,6-7H2,1-5H3,(H,19,20). The van der Waals surface area contributed by atoms with Crippen LogP contribution in [-0.4, -0.2) is 15.6 Å². The number of rotatable bonds is 3. The summed E-state index contributed by atoms with van der Waals surface area (Å²) >= 11 is 0. The SMILES string of the molecule is CCCn1c(C)cc2cc(C(=O)O)cc(C(C)(C)C)c21. The van der Waals surface area contributed by atoms with Gasteiger partial charge in [-0.3, -0.25) is 0 Å². The Kier molecular flexibility index (Phi) is 3.63. The number of aryl methyl sites for hydroxylation is 2. The zero-order valence-corrected chi connectivity index (χ0v) is 12.9. The molecule has 0 atom stereocenters. The minimum Gasteiger partial charge on any atom is -0.478 e. The predicted molar refractivity (Wildman–Crippen MR) is 82.6 cm³/mol. The minimum absolute atomic E-state index is 0.0833. The van der Waals surface area contributed by atoms with E-state index in [1.165, 1.54) is 11.2 Å². The molecular weight excluding hydrogens is 250 g/mol. The Labute approximate surface area is 120 Å². The third kappa shape index (κ3) is 2.45. The molecule has 0 bridgehead atoms. The third-order valence-corrected chi connectivity index (χ3v) is 3.70. The van der Waals surface area contributed by atoms with E-state index < -0.39 is 5.97 Å². The van der Waals surface area contributed by atoms with Crippen LogP contribution in [0.2, 0.25) is 0 Å². The van der Waals surface area contributed by atoms with Gasteiger partial charge in [0.05, 0.1) is 11.1 Å². The van der Waals surface area contributed by atoms with Crippen LogP contribution in [0.4, 0.5) is 0 Å². The second-order valence-corrected chi connectivity index (χ2v) is 6.45. The predicted octanol–water partition coefficient (Wildman–Crippen LogP) is 4.36. The molecule has 1 heterocycles. The summed E-state index contributed by atoms with van der Waals surface area (Å²) in [6, 6.07) is 5.70. The van der Waals surface area contributed by atoms with Crippen LogP contribution < -0.4 is 0 Å². The first-order valence-corrected chi connectivity index (χ1v) is 7.13. The van der Waals surface area contributed by atoms with Crippen molar-refractivity contribution < 1.29 is 9.90 Å². The van der Waals surface area contributed by atoms with Crippen molar-refractivity contribution in [3.8, 4) is 0 Å². The van der Waals surface area contributed by atoms with Crippen LogP contribution in [0.15, 0.2) is 18.2 Å². The maximum Gasteiger partial charge on any atom is 0.335 e. The summed E-state index contributed by atoms with van der Waals surface area (Å²) in [5.74, 6) is -0.863. The molecule has 2 rings (SSSR count). The molecule has 0 spiro atoms. The summed E-state index contributed by atoms with van der Waals surface area (Å²) in [6.45, 7) is 11.6. The minimum atomic E-state index is -0.863. The summed E-state index contributed by atoms with van der Waals surface area (Å²) in [5.41, 5.74) is 3.77. The number of fused-ring (bicyclic) bond motifs is 1. The molecule has 20 heavy (non-hydrogen) atoms. The van der Waals surface area contributed by atoms with Crippen molar-refractivity contribution in [3.05, 3.63) is 35.0 Å². The maximum atomic E-state index is 11.3. The highest BCUT2D eigenvalue weighted by Gasteiger charge is 2.22. The van der Waals surface area contributed by atoms with E-state index in [-0.39, 0.29) is 5.41 Å². The fourth-order valence-corrected chi connectivity index (χ4v) is 2.75. The largest absolute Gasteiger partial charge is 0.478 e. The number of hydrogen-bond donors (Lipinski definition) is 1. The van der Waals surface area contributed by atoms with Crippen LogP contribution in [0, 0.1) is 6.92 Å². The normalized spacial score (nSPS) is 12.1. The lowest BCUT2D eigenvalue weighted by Gasteiger charge is -2.23. The lowest BCUT2D eigenvalue weighted by molar-refractivity contribution is 0.0697. The Morgan fingerprint density at radius 1 is 1.25 bits per heavy atom. The van der Waals surface area contributed by atoms with Crippen LogP contribution in [-0.2, 0) is 12.0 Å². The van der Waals surface area contributed by atoms with Crippen molar-refractivity contribution >= 4 is 16.9 Å². The van der Waals surface area contributed by atoms with Crippen molar-refractivity contribution in [2.45, 2.75) is 53.0 Å². The molecule has 0 saturated heterocycles. The van der Waals surface area contributed by atoms with Gasteiger partial charge in [0.15, 0.2) is 0 Å². The van der Waals surface area contributed by atoms with Crippen molar-refractivity contribution in [2.75, 3.05) is 0 Å². The summed E-state index contributed by atoms with van der Waals surface area (Å²) < 4.78 is 2.31. The van der Waals surface area contributed by atoms with Gasteiger partial charge < -0.3 is 9.67 Å². The van der Waals surface area contributed by atoms with Crippen LogP contribution >= 0.6 is 0 Å². The zero-order chi connectivity index (χ0) is 15.1. The van der Waals surface area contributed by atoms with Gasteiger partial charge in [0.25, 0.3) is 0 Å². The molecule has 1 aromatic carbocycles. The first-order valence-electron chi connectivity index (χ1n) is 7.13. The van der Waals surface area contributed by atoms with Crippen LogP contribution in [0.25, 0.3) is 10.9 Å². The molecule has 0 unspecified atom stereocenters. The van der Waals surface area contributed by atoms with E-state index in [2.05, 4.69) is 45.3 Å². The number of carboxylic acids is 1. The number of aromatic nitrogens is 1. The third-order valence-electron chi connectivity index (χ3n) is 3.70. The molecule has 0 aliphatic carbocycles. The van der Waals surface area contributed by atoms with Gasteiger partial charge in [0.1, 0.15) is 0 Å². The molecule has 2 aromatic rings. The molecule has 0 saturated carbocycles. The topological polar surface area (TPSA) is 42.2 Å². The summed E-state index contributed by atoms with van der Waals surface area (Å²) in [4.78, 5) is 11.3. The number of carbonyl (C=O) groups is 1. The van der Waals surface area contributed by atoms with Gasteiger partial charge in [-0.2, -0.15) is 0 Å². The van der Waals surface area contributed by atoms with Crippen molar-refractivity contribution in [1.29, 1.82) is 0 Å². The molecule has 0 fully saturated rings. The number of nitrogens with zero attached hydrogens (tertiary/aromatic N) is 1. The lowest BCUT2D eigenvalue weighted by Crippen LogP contribution is -2.15. The average molecular weight is 273 g/mol. The van der Waals surface area contributed by atoms with E-state index in [0.717, 1.165) is 23.9 Å². The smallest absolute Gasteiger partial charge is 0.335 e. The van der Waals surface area contributed by atoms with Crippen molar-refractivity contribution in [1.82, 2.24) is 4.57 Å². The van der Waals surface area contributed by atoms with E-state index in [0.29, 0.717) is 5.56 Å². The van der Waals surface area contributed by atoms with Gasteiger partial charge >= 0.3 is 5.97 Å². The van der Waals surface area contributed by atoms with Gasteiger partial charge in [-0.05, 0) is 42.5 Å². The highest BCUT2D eigenvalue weighted by molar-refractivity contribution is 5.96. The van der Waals surface area contributed by atoms with Crippen LogP contribution in [0.3, 0.4) is 0 Å². The molecule has 108 valence electrons. The first kappa shape index (κ1) is 14.6. The van der Waals surface area contributed by atoms with Crippen molar-refractivity contribution in [3.63, 3.8) is 0 Å². The Balaban J connectivity index is 2.86. The van der Waals surface area contributed by atoms with Gasteiger partial charge in [-0.1, -0.05) is 27.7 Å². The van der Waals surface area contributed by atoms with E-state index in [9.17, 15) is 9.90 Å². The molecule has 1 aromatic heterocycles. The Morgan fingerprint density at radius 2 is 1.90 bits per heavy atom. The molecule has 0 aliphatic heterocycles. The molecule has 1 N–H and O–H groups in total. The highest BCUT2D eigenvalue weighted by atomic mass is 16.4. The van der Waals surface area contributed by atoms with E-state index in [1.54, 1.807) is 6.07 Å². The molecule has 0 amide bonds. The fraction of sp³-hybridized carbons (Fsp3) is 0.471. The molecule has 3 nitrogen and oxygen atoms in total. The Hall–Kier alpha value is -1.77. The quantitative estimate of drug-likeness (QED) is 0.903. The van der Waals surface area contributed by atoms with Gasteiger partial charge in [0.2, 0.25) is 0 Å². The van der Waals surface area contributed by atoms with Gasteiger partial charge in [-0.15, -0.1) is 0 Å². The monoisotopic (exact) mass is 273 g/mol. The van der Waals surface area contributed by atoms with E-state index in [1.807, 2.05) is 6.07 Å². The van der Waals surface area contributed by atoms with E-state index in [4.69, 9.17) is 0 Å².